The van der Waals surface area contributed by atoms with Gasteiger partial charge in [0.05, 0.1) is 12.7 Å². The van der Waals surface area contributed by atoms with Crippen molar-refractivity contribution in [1.82, 2.24) is 4.90 Å². The SMILES string of the molecule is NC[C@@H]1CN(Cc2ccccc2)CCO1. The molecule has 1 saturated heterocycles. The summed E-state index contributed by atoms with van der Waals surface area (Å²) in [5.41, 5.74) is 6.96. The lowest BCUT2D eigenvalue weighted by Gasteiger charge is -2.32. The Morgan fingerprint density at radius 3 is 2.87 bits per heavy atom. The summed E-state index contributed by atoms with van der Waals surface area (Å²) in [7, 11) is 0. The second kappa shape index (κ2) is 5.26. The second-order valence-corrected chi connectivity index (χ2v) is 3.95. The summed E-state index contributed by atoms with van der Waals surface area (Å²) in [6, 6.07) is 10.5. The average molecular weight is 206 g/mol. The molecule has 1 aliphatic rings. The molecule has 1 aromatic carbocycles. The minimum Gasteiger partial charge on any atom is -0.374 e. The number of hydrogen-bond acceptors (Lipinski definition) is 3. The molecule has 1 fully saturated rings. The maximum Gasteiger partial charge on any atom is 0.0824 e. The molecule has 0 aliphatic carbocycles. The number of hydrogen-bond donors (Lipinski definition) is 1. The van der Waals surface area contributed by atoms with Crippen molar-refractivity contribution in [3.05, 3.63) is 35.9 Å². The van der Waals surface area contributed by atoms with Crippen molar-refractivity contribution in [2.24, 2.45) is 5.73 Å². The lowest BCUT2D eigenvalue weighted by molar-refractivity contribution is -0.0260. The topological polar surface area (TPSA) is 38.5 Å². The summed E-state index contributed by atoms with van der Waals surface area (Å²) in [5.74, 6) is 0. The van der Waals surface area contributed by atoms with Crippen LogP contribution in [0.2, 0.25) is 0 Å². The summed E-state index contributed by atoms with van der Waals surface area (Å²) in [5, 5.41) is 0. The number of nitrogens with two attached hydrogens (primary N) is 1. The van der Waals surface area contributed by atoms with E-state index in [1.165, 1.54) is 5.56 Å². The van der Waals surface area contributed by atoms with E-state index < -0.39 is 0 Å². The minimum atomic E-state index is 0.211. The lowest BCUT2D eigenvalue weighted by Crippen LogP contribution is -2.45. The fraction of sp³-hybridized carbons (Fsp3) is 0.500. The molecule has 3 nitrogen and oxygen atoms in total. The largest absolute Gasteiger partial charge is 0.374 e. The summed E-state index contributed by atoms with van der Waals surface area (Å²) in [4.78, 5) is 2.40. The van der Waals surface area contributed by atoms with E-state index in [4.69, 9.17) is 10.5 Å². The Kier molecular flexibility index (Phi) is 3.72. The second-order valence-electron chi connectivity index (χ2n) is 3.95. The molecule has 0 amide bonds. The number of benzene rings is 1. The van der Waals surface area contributed by atoms with E-state index in [-0.39, 0.29) is 6.10 Å². The van der Waals surface area contributed by atoms with E-state index >= 15 is 0 Å². The van der Waals surface area contributed by atoms with Gasteiger partial charge in [0.2, 0.25) is 0 Å². The van der Waals surface area contributed by atoms with Gasteiger partial charge in [0.25, 0.3) is 0 Å². The fourth-order valence-corrected chi connectivity index (χ4v) is 1.91. The quantitative estimate of drug-likeness (QED) is 0.796. The maximum atomic E-state index is 5.61. The van der Waals surface area contributed by atoms with E-state index in [1.54, 1.807) is 0 Å². The predicted molar refractivity (Wildman–Crippen MR) is 60.5 cm³/mol. The third-order valence-electron chi connectivity index (χ3n) is 2.73. The predicted octanol–water partition coefficient (Wildman–Crippen LogP) is 0.846. The summed E-state index contributed by atoms with van der Waals surface area (Å²) >= 11 is 0. The van der Waals surface area contributed by atoms with Gasteiger partial charge in [0, 0.05) is 26.2 Å². The number of morpholine rings is 1. The van der Waals surface area contributed by atoms with Crippen LogP contribution in [0.1, 0.15) is 5.56 Å². The van der Waals surface area contributed by atoms with Gasteiger partial charge in [-0.2, -0.15) is 0 Å². The molecule has 2 N–H and O–H groups in total. The zero-order valence-corrected chi connectivity index (χ0v) is 8.93. The highest BCUT2D eigenvalue weighted by Crippen LogP contribution is 2.09. The summed E-state index contributed by atoms with van der Waals surface area (Å²) in [6.07, 6.45) is 0.211. The molecule has 3 heteroatoms. The molecule has 82 valence electrons. The monoisotopic (exact) mass is 206 g/mol. The van der Waals surface area contributed by atoms with Gasteiger partial charge in [-0.05, 0) is 5.56 Å². The van der Waals surface area contributed by atoms with Gasteiger partial charge in [-0.25, -0.2) is 0 Å². The normalized spacial score (nSPS) is 22.9. The first-order valence-electron chi connectivity index (χ1n) is 5.46. The van der Waals surface area contributed by atoms with Crippen LogP contribution in [0.3, 0.4) is 0 Å². The summed E-state index contributed by atoms with van der Waals surface area (Å²) in [6.45, 7) is 4.37. The zero-order valence-electron chi connectivity index (χ0n) is 8.93. The van der Waals surface area contributed by atoms with Crippen LogP contribution in [0.5, 0.6) is 0 Å². The molecule has 0 spiro atoms. The Bertz CT molecular complexity index is 289. The highest BCUT2D eigenvalue weighted by Gasteiger charge is 2.18. The van der Waals surface area contributed by atoms with Crippen LogP contribution in [0.15, 0.2) is 30.3 Å². The van der Waals surface area contributed by atoms with Crippen LogP contribution in [0.25, 0.3) is 0 Å². The third-order valence-corrected chi connectivity index (χ3v) is 2.73. The van der Waals surface area contributed by atoms with E-state index in [2.05, 4.69) is 29.2 Å². The maximum absolute atomic E-state index is 5.61. The third kappa shape index (κ3) is 3.02. The molecular formula is C12H18N2O. The van der Waals surface area contributed by atoms with Gasteiger partial charge >= 0.3 is 0 Å². The number of ether oxygens (including phenoxy) is 1. The van der Waals surface area contributed by atoms with E-state index in [1.807, 2.05) is 6.07 Å². The Balaban J connectivity index is 1.89. The highest BCUT2D eigenvalue weighted by molar-refractivity contribution is 5.14. The lowest BCUT2D eigenvalue weighted by atomic mass is 10.2. The summed E-state index contributed by atoms with van der Waals surface area (Å²) < 4.78 is 5.53. The molecular weight excluding hydrogens is 188 g/mol. The van der Waals surface area contributed by atoms with Crippen molar-refractivity contribution in [2.75, 3.05) is 26.2 Å². The molecule has 0 radical (unpaired) electrons. The van der Waals surface area contributed by atoms with Gasteiger partial charge in [0.15, 0.2) is 0 Å². The molecule has 0 saturated carbocycles. The van der Waals surface area contributed by atoms with Gasteiger partial charge in [-0.3, -0.25) is 4.90 Å². The van der Waals surface area contributed by atoms with Crippen molar-refractivity contribution >= 4 is 0 Å². The molecule has 15 heavy (non-hydrogen) atoms. The molecule has 0 unspecified atom stereocenters. The molecule has 0 bridgehead atoms. The first-order valence-corrected chi connectivity index (χ1v) is 5.46. The van der Waals surface area contributed by atoms with Crippen molar-refractivity contribution in [3.63, 3.8) is 0 Å². The van der Waals surface area contributed by atoms with Crippen LogP contribution < -0.4 is 5.73 Å². The smallest absolute Gasteiger partial charge is 0.0824 e. The van der Waals surface area contributed by atoms with Crippen molar-refractivity contribution in [3.8, 4) is 0 Å². The minimum absolute atomic E-state index is 0.211. The zero-order chi connectivity index (χ0) is 10.5. The fourth-order valence-electron chi connectivity index (χ4n) is 1.91. The molecule has 1 aromatic rings. The van der Waals surface area contributed by atoms with Crippen molar-refractivity contribution in [2.45, 2.75) is 12.6 Å². The average Bonchev–Trinajstić information content (AvgIpc) is 2.31. The van der Waals surface area contributed by atoms with Crippen molar-refractivity contribution < 1.29 is 4.74 Å². The molecule has 1 atom stereocenters. The Labute approximate surface area is 90.8 Å². The van der Waals surface area contributed by atoms with Crippen LogP contribution in [-0.2, 0) is 11.3 Å². The molecule has 1 heterocycles. The van der Waals surface area contributed by atoms with Crippen LogP contribution in [0.4, 0.5) is 0 Å². The Morgan fingerprint density at radius 1 is 1.33 bits per heavy atom. The van der Waals surface area contributed by atoms with Gasteiger partial charge < -0.3 is 10.5 Å². The van der Waals surface area contributed by atoms with E-state index in [0.29, 0.717) is 6.54 Å². The van der Waals surface area contributed by atoms with Gasteiger partial charge in [-0.15, -0.1) is 0 Å². The van der Waals surface area contributed by atoms with Gasteiger partial charge in [0.1, 0.15) is 0 Å². The highest BCUT2D eigenvalue weighted by atomic mass is 16.5. The van der Waals surface area contributed by atoms with Crippen LogP contribution in [0, 0.1) is 0 Å². The first kappa shape index (κ1) is 10.6. The number of nitrogens with zero attached hydrogens (tertiary/aromatic N) is 1. The molecule has 0 aromatic heterocycles. The first-order chi connectivity index (χ1) is 7.38. The van der Waals surface area contributed by atoms with Gasteiger partial charge in [-0.1, -0.05) is 30.3 Å². The van der Waals surface area contributed by atoms with E-state index in [0.717, 1.165) is 26.2 Å². The Hall–Kier alpha value is -0.900. The molecule has 2 rings (SSSR count). The Morgan fingerprint density at radius 2 is 2.13 bits per heavy atom. The molecule has 1 aliphatic heterocycles. The van der Waals surface area contributed by atoms with Crippen LogP contribution >= 0.6 is 0 Å². The number of rotatable bonds is 3. The standard InChI is InChI=1S/C12H18N2O/c13-8-12-10-14(6-7-15-12)9-11-4-2-1-3-5-11/h1-5,12H,6-10,13H2/t12-/m1/s1. The van der Waals surface area contributed by atoms with Crippen LogP contribution in [-0.4, -0.2) is 37.2 Å². The van der Waals surface area contributed by atoms with Crippen molar-refractivity contribution in [1.29, 1.82) is 0 Å². The van der Waals surface area contributed by atoms with E-state index in [9.17, 15) is 0 Å².